The number of pyridine rings is 1. The van der Waals surface area contributed by atoms with Gasteiger partial charge in [-0.05, 0) is 55.3 Å². The number of methoxy groups -OCH3 is 1. The highest BCUT2D eigenvalue weighted by atomic mass is 35.5. The highest BCUT2D eigenvalue weighted by molar-refractivity contribution is 6.31. The minimum atomic E-state index is -0.269. The van der Waals surface area contributed by atoms with Crippen molar-refractivity contribution in [3.63, 3.8) is 0 Å². The summed E-state index contributed by atoms with van der Waals surface area (Å²) in [6.07, 6.45) is 2.57. The van der Waals surface area contributed by atoms with Crippen molar-refractivity contribution in [1.29, 1.82) is 0 Å². The smallest absolute Gasteiger partial charge is 0.257 e. The maximum Gasteiger partial charge on any atom is 0.257 e. The lowest BCUT2D eigenvalue weighted by atomic mass is 10.1. The Bertz CT molecular complexity index is 1020. The lowest BCUT2D eigenvalue weighted by Crippen LogP contribution is -2.25. The van der Waals surface area contributed by atoms with Crippen molar-refractivity contribution in [2.45, 2.75) is 19.4 Å². The van der Waals surface area contributed by atoms with Gasteiger partial charge in [0.2, 0.25) is 0 Å². The third-order valence-corrected chi connectivity index (χ3v) is 5.11. The standard InChI is InChI=1S/C22H20ClN3O2/c1-14-11-15-5-3-4-6-19(15)26(14)21-10-7-16(13-24-21)22(27)25-18-12-17(23)8-9-20(18)28-2/h3-10,12-14H,11H2,1-2H3,(H,25,27). The first-order valence-electron chi connectivity index (χ1n) is 9.05. The van der Waals surface area contributed by atoms with Crippen LogP contribution in [0.5, 0.6) is 5.75 Å². The number of rotatable bonds is 4. The number of para-hydroxylation sites is 1. The van der Waals surface area contributed by atoms with Crippen molar-refractivity contribution in [2.24, 2.45) is 0 Å². The molecule has 1 unspecified atom stereocenters. The van der Waals surface area contributed by atoms with Crippen molar-refractivity contribution >= 4 is 34.7 Å². The molecule has 3 aromatic rings. The van der Waals surface area contributed by atoms with E-state index in [1.807, 2.05) is 12.1 Å². The molecular weight excluding hydrogens is 374 g/mol. The number of anilines is 3. The predicted octanol–water partition coefficient (Wildman–Crippen LogP) is 5.08. The molecule has 0 aliphatic carbocycles. The quantitative estimate of drug-likeness (QED) is 0.671. The largest absolute Gasteiger partial charge is 0.495 e. The first kappa shape index (κ1) is 18.3. The summed E-state index contributed by atoms with van der Waals surface area (Å²) >= 11 is 6.03. The first-order chi connectivity index (χ1) is 13.6. The number of carbonyl (C=O) groups is 1. The normalized spacial score (nSPS) is 15.2. The van der Waals surface area contributed by atoms with Gasteiger partial charge in [-0.1, -0.05) is 29.8 Å². The van der Waals surface area contributed by atoms with Crippen LogP contribution in [0.2, 0.25) is 5.02 Å². The number of carbonyl (C=O) groups excluding carboxylic acids is 1. The number of ether oxygens (including phenoxy) is 1. The highest BCUT2D eigenvalue weighted by Gasteiger charge is 2.27. The van der Waals surface area contributed by atoms with E-state index < -0.39 is 0 Å². The number of amides is 1. The molecule has 1 aliphatic rings. The number of nitrogens with one attached hydrogen (secondary N) is 1. The van der Waals surface area contributed by atoms with Gasteiger partial charge >= 0.3 is 0 Å². The first-order valence-corrected chi connectivity index (χ1v) is 9.42. The van der Waals surface area contributed by atoms with Gasteiger partial charge in [0.25, 0.3) is 5.91 Å². The second-order valence-corrected chi connectivity index (χ2v) is 7.19. The lowest BCUT2D eigenvalue weighted by molar-refractivity contribution is 0.102. The van der Waals surface area contributed by atoms with E-state index in [-0.39, 0.29) is 5.91 Å². The zero-order valence-electron chi connectivity index (χ0n) is 15.6. The summed E-state index contributed by atoms with van der Waals surface area (Å²) in [6, 6.07) is 17.4. The van der Waals surface area contributed by atoms with Gasteiger partial charge in [-0.3, -0.25) is 4.79 Å². The van der Waals surface area contributed by atoms with E-state index in [1.54, 1.807) is 37.6 Å². The van der Waals surface area contributed by atoms with Crippen molar-refractivity contribution in [3.05, 3.63) is 76.9 Å². The van der Waals surface area contributed by atoms with Gasteiger partial charge in [-0.2, -0.15) is 0 Å². The molecule has 1 aliphatic heterocycles. The van der Waals surface area contributed by atoms with E-state index in [2.05, 4.69) is 40.3 Å². The second-order valence-electron chi connectivity index (χ2n) is 6.76. The molecule has 0 saturated heterocycles. The second kappa shape index (κ2) is 7.52. The summed E-state index contributed by atoms with van der Waals surface area (Å²) in [5, 5.41) is 3.35. The number of benzene rings is 2. The molecule has 0 radical (unpaired) electrons. The Morgan fingerprint density at radius 1 is 1.21 bits per heavy atom. The monoisotopic (exact) mass is 393 g/mol. The van der Waals surface area contributed by atoms with Crippen LogP contribution in [-0.4, -0.2) is 24.0 Å². The molecule has 1 aromatic heterocycles. The fraction of sp³-hybridized carbons (Fsp3) is 0.182. The molecule has 6 heteroatoms. The third-order valence-electron chi connectivity index (χ3n) is 4.87. The number of aromatic nitrogens is 1. The molecule has 1 atom stereocenters. The maximum atomic E-state index is 12.6. The van der Waals surface area contributed by atoms with Crippen LogP contribution in [0.1, 0.15) is 22.8 Å². The van der Waals surface area contributed by atoms with E-state index in [0.29, 0.717) is 28.1 Å². The molecule has 1 N–H and O–H groups in total. The van der Waals surface area contributed by atoms with Crippen LogP contribution >= 0.6 is 11.6 Å². The summed E-state index contributed by atoms with van der Waals surface area (Å²) in [5.41, 5.74) is 3.46. The fourth-order valence-electron chi connectivity index (χ4n) is 3.55. The Morgan fingerprint density at radius 3 is 2.79 bits per heavy atom. The van der Waals surface area contributed by atoms with E-state index in [4.69, 9.17) is 16.3 Å². The van der Waals surface area contributed by atoms with Gasteiger partial charge in [0.1, 0.15) is 11.6 Å². The SMILES string of the molecule is COc1ccc(Cl)cc1NC(=O)c1ccc(N2c3ccccc3CC2C)nc1. The van der Waals surface area contributed by atoms with Crippen LogP contribution < -0.4 is 15.0 Å². The van der Waals surface area contributed by atoms with Crippen molar-refractivity contribution in [2.75, 3.05) is 17.3 Å². The molecule has 0 bridgehead atoms. The molecule has 0 saturated carbocycles. The Labute approximate surface area is 168 Å². The van der Waals surface area contributed by atoms with Crippen LogP contribution in [-0.2, 0) is 6.42 Å². The van der Waals surface area contributed by atoms with Crippen LogP contribution in [0.3, 0.4) is 0 Å². The molecule has 4 rings (SSSR count). The van der Waals surface area contributed by atoms with E-state index >= 15 is 0 Å². The molecule has 0 spiro atoms. The molecule has 142 valence electrons. The highest BCUT2D eigenvalue weighted by Crippen LogP contribution is 2.37. The maximum absolute atomic E-state index is 12.6. The average molecular weight is 394 g/mol. The zero-order valence-corrected chi connectivity index (χ0v) is 16.4. The molecule has 0 fully saturated rings. The van der Waals surface area contributed by atoms with Crippen LogP contribution in [0, 0.1) is 0 Å². The van der Waals surface area contributed by atoms with Crippen molar-refractivity contribution in [1.82, 2.24) is 4.98 Å². The van der Waals surface area contributed by atoms with E-state index in [9.17, 15) is 4.79 Å². The molecule has 5 nitrogen and oxygen atoms in total. The summed E-state index contributed by atoms with van der Waals surface area (Å²) in [6.45, 7) is 2.17. The molecular formula is C22H20ClN3O2. The molecule has 2 heterocycles. The van der Waals surface area contributed by atoms with Crippen LogP contribution in [0.15, 0.2) is 60.8 Å². The van der Waals surface area contributed by atoms with E-state index in [0.717, 1.165) is 12.2 Å². The summed E-state index contributed by atoms with van der Waals surface area (Å²) < 4.78 is 5.27. The topological polar surface area (TPSA) is 54.5 Å². The van der Waals surface area contributed by atoms with E-state index in [1.165, 1.54) is 11.3 Å². The Balaban J connectivity index is 1.56. The minimum Gasteiger partial charge on any atom is -0.495 e. The molecule has 1 amide bonds. The molecule has 2 aromatic carbocycles. The number of fused-ring (bicyclic) bond motifs is 1. The van der Waals surface area contributed by atoms with Crippen LogP contribution in [0.25, 0.3) is 0 Å². The zero-order chi connectivity index (χ0) is 19.7. The Kier molecular flexibility index (Phi) is 4.92. The van der Waals surface area contributed by atoms with Gasteiger partial charge in [0.15, 0.2) is 0 Å². The van der Waals surface area contributed by atoms with Gasteiger partial charge in [0.05, 0.1) is 18.4 Å². The average Bonchev–Trinajstić information content (AvgIpc) is 3.04. The van der Waals surface area contributed by atoms with Gasteiger partial charge in [-0.15, -0.1) is 0 Å². The number of halogens is 1. The Morgan fingerprint density at radius 2 is 2.04 bits per heavy atom. The predicted molar refractivity (Wildman–Crippen MR) is 112 cm³/mol. The third kappa shape index (κ3) is 3.41. The Hall–Kier alpha value is -3.05. The summed E-state index contributed by atoms with van der Waals surface area (Å²) in [7, 11) is 1.55. The summed E-state index contributed by atoms with van der Waals surface area (Å²) in [4.78, 5) is 19.4. The van der Waals surface area contributed by atoms with Gasteiger partial charge in [-0.25, -0.2) is 4.98 Å². The number of nitrogens with zero attached hydrogens (tertiary/aromatic N) is 2. The molecule has 28 heavy (non-hydrogen) atoms. The van der Waals surface area contributed by atoms with Crippen molar-refractivity contribution in [3.8, 4) is 5.75 Å². The van der Waals surface area contributed by atoms with Crippen molar-refractivity contribution < 1.29 is 9.53 Å². The number of hydrogen-bond acceptors (Lipinski definition) is 4. The lowest BCUT2D eigenvalue weighted by Gasteiger charge is -2.23. The van der Waals surface area contributed by atoms with Gasteiger partial charge in [0, 0.05) is 22.9 Å². The number of hydrogen-bond donors (Lipinski definition) is 1. The fourth-order valence-corrected chi connectivity index (χ4v) is 3.72. The van der Waals surface area contributed by atoms with Gasteiger partial charge < -0.3 is 15.0 Å². The minimum absolute atomic E-state index is 0.269. The summed E-state index contributed by atoms with van der Waals surface area (Å²) in [5.74, 6) is 1.11. The van der Waals surface area contributed by atoms with Crippen LogP contribution in [0.4, 0.5) is 17.2 Å².